The molecule has 1 aromatic carbocycles. The van der Waals surface area contributed by atoms with Crippen molar-refractivity contribution in [3.05, 3.63) is 29.7 Å². The lowest BCUT2D eigenvalue weighted by Gasteiger charge is -2.04. The first kappa shape index (κ1) is 10.0. The van der Waals surface area contributed by atoms with Gasteiger partial charge in [-0.1, -0.05) is 6.07 Å². The topological polar surface area (TPSA) is 64.9 Å². The van der Waals surface area contributed by atoms with E-state index in [1.54, 1.807) is 6.92 Å². The Hall–Kier alpha value is -1.49. The SMILES string of the molecule is Cc1nnc(Sc2cccc(N)c2C)o1. The highest BCUT2D eigenvalue weighted by Gasteiger charge is 2.08. The summed E-state index contributed by atoms with van der Waals surface area (Å²) in [4.78, 5) is 1.04. The van der Waals surface area contributed by atoms with Crippen LogP contribution in [0.5, 0.6) is 0 Å². The molecule has 0 radical (unpaired) electrons. The molecule has 78 valence electrons. The number of nitrogens with zero attached hydrogens (tertiary/aromatic N) is 2. The second kappa shape index (κ2) is 3.94. The summed E-state index contributed by atoms with van der Waals surface area (Å²) in [5.74, 6) is 0.569. The predicted octanol–water partition coefficient (Wildman–Crippen LogP) is 2.42. The van der Waals surface area contributed by atoms with Crippen LogP contribution in [0.2, 0.25) is 0 Å². The number of nitrogens with two attached hydrogens (primary N) is 1. The van der Waals surface area contributed by atoms with E-state index < -0.39 is 0 Å². The molecule has 0 aliphatic heterocycles. The van der Waals surface area contributed by atoms with Gasteiger partial charge < -0.3 is 10.2 Å². The predicted molar refractivity (Wildman–Crippen MR) is 58.7 cm³/mol. The third kappa shape index (κ3) is 2.12. The number of aromatic nitrogens is 2. The van der Waals surface area contributed by atoms with Gasteiger partial charge in [0.1, 0.15) is 0 Å². The Morgan fingerprint density at radius 2 is 2.07 bits per heavy atom. The van der Waals surface area contributed by atoms with E-state index in [4.69, 9.17) is 10.2 Å². The molecule has 4 nitrogen and oxygen atoms in total. The minimum atomic E-state index is 0.543. The molecule has 0 saturated carbocycles. The molecule has 5 heteroatoms. The van der Waals surface area contributed by atoms with Crippen LogP contribution in [0.3, 0.4) is 0 Å². The summed E-state index contributed by atoms with van der Waals surface area (Å²) in [5.41, 5.74) is 7.61. The third-order valence-electron chi connectivity index (χ3n) is 2.03. The van der Waals surface area contributed by atoms with Gasteiger partial charge in [0.05, 0.1) is 0 Å². The summed E-state index contributed by atoms with van der Waals surface area (Å²) in [6.45, 7) is 3.74. The van der Waals surface area contributed by atoms with Crippen molar-refractivity contribution >= 4 is 17.4 Å². The minimum absolute atomic E-state index is 0.543. The molecule has 2 aromatic rings. The molecule has 0 fully saturated rings. The van der Waals surface area contributed by atoms with E-state index in [2.05, 4.69) is 10.2 Å². The van der Waals surface area contributed by atoms with Gasteiger partial charge in [-0.25, -0.2) is 0 Å². The molecule has 2 rings (SSSR count). The lowest BCUT2D eigenvalue weighted by Crippen LogP contribution is -1.90. The van der Waals surface area contributed by atoms with E-state index >= 15 is 0 Å². The van der Waals surface area contributed by atoms with E-state index in [0.717, 1.165) is 16.1 Å². The fourth-order valence-corrected chi connectivity index (χ4v) is 2.01. The first-order valence-electron chi connectivity index (χ1n) is 4.50. The number of hydrogen-bond donors (Lipinski definition) is 1. The van der Waals surface area contributed by atoms with Crippen molar-refractivity contribution in [1.29, 1.82) is 0 Å². The summed E-state index contributed by atoms with van der Waals surface area (Å²) < 4.78 is 5.28. The Kier molecular flexibility index (Phi) is 2.64. The summed E-state index contributed by atoms with van der Waals surface area (Å²) in [6, 6.07) is 5.77. The third-order valence-corrected chi connectivity index (χ3v) is 3.03. The van der Waals surface area contributed by atoms with Gasteiger partial charge in [-0.2, -0.15) is 0 Å². The lowest BCUT2D eigenvalue weighted by atomic mass is 10.2. The molecule has 0 saturated heterocycles. The van der Waals surface area contributed by atoms with E-state index in [0.29, 0.717) is 11.1 Å². The first-order valence-corrected chi connectivity index (χ1v) is 5.31. The second-order valence-corrected chi connectivity index (χ2v) is 4.15. The zero-order chi connectivity index (χ0) is 10.8. The fraction of sp³-hybridized carbons (Fsp3) is 0.200. The van der Waals surface area contributed by atoms with Crippen LogP contribution in [0.25, 0.3) is 0 Å². The summed E-state index contributed by atoms with van der Waals surface area (Å²) in [7, 11) is 0. The molecule has 2 N–H and O–H groups in total. The maximum atomic E-state index is 5.80. The van der Waals surface area contributed by atoms with Crippen LogP contribution in [0, 0.1) is 13.8 Å². The van der Waals surface area contributed by atoms with Gasteiger partial charge in [-0.05, 0) is 36.4 Å². The second-order valence-electron chi connectivity index (χ2n) is 3.16. The fourth-order valence-electron chi connectivity index (χ4n) is 1.16. The number of benzene rings is 1. The Labute approximate surface area is 91.9 Å². The Bertz CT molecular complexity index is 481. The number of hydrogen-bond acceptors (Lipinski definition) is 5. The quantitative estimate of drug-likeness (QED) is 0.789. The molecular weight excluding hydrogens is 210 g/mol. The van der Waals surface area contributed by atoms with Crippen LogP contribution < -0.4 is 5.73 Å². The van der Waals surface area contributed by atoms with Gasteiger partial charge in [0.2, 0.25) is 5.89 Å². The van der Waals surface area contributed by atoms with Crippen LogP contribution in [0.1, 0.15) is 11.5 Å². The summed E-state index contributed by atoms with van der Waals surface area (Å²) in [5, 5.41) is 8.23. The van der Waals surface area contributed by atoms with Gasteiger partial charge >= 0.3 is 0 Å². The average Bonchev–Trinajstić information content (AvgIpc) is 2.59. The maximum absolute atomic E-state index is 5.80. The van der Waals surface area contributed by atoms with Crippen LogP contribution in [0.15, 0.2) is 32.7 Å². The van der Waals surface area contributed by atoms with Gasteiger partial charge in [0.15, 0.2) is 0 Å². The Balaban J connectivity index is 2.28. The van der Waals surface area contributed by atoms with Crippen molar-refractivity contribution in [2.24, 2.45) is 0 Å². The number of anilines is 1. The molecule has 0 amide bonds. The highest BCUT2D eigenvalue weighted by Crippen LogP contribution is 2.31. The van der Waals surface area contributed by atoms with Crippen LogP contribution in [0.4, 0.5) is 5.69 Å². The molecular formula is C10H11N3OS. The lowest BCUT2D eigenvalue weighted by molar-refractivity contribution is 0.429. The summed E-state index contributed by atoms with van der Waals surface area (Å²) >= 11 is 1.43. The Morgan fingerprint density at radius 3 is 2.73 bits per heavy atom. The molecule has 0 aliphatic carbocycles. The smallest absolute Gasteiger partial charge is 0.281 e. The van der Waals surface area contributed by atoms with Crippen LogP contribution in [-0.4, -0.2) is 10.2 Å². The van der Waals surface area contributed by atoms with E-state index in [9.17, 15) is 0 Å². The molecule has 0 atom stereocenters. The van der Waals surface area contributed by atoms with Gasteiger partial charge in [-0.15, -0.1) is 10.2 Å². The van der Waals surface area contributed by atoms with Crippen molar-refractivity contribution in [3.8, 4) is 0 Å². The maximum Gasteiger partial charge on any atom is 0.281 e. The van der Waals surface area contributed by atoms with Gasteiger partial charge in [0.25, 0.3) is 5.22 Å². The van der Waals surface area contributed by atoms with Crippen molar-refractivity contribution in [2.75, 3.05) is 5.73 Å². The van der Waals surface area contributed by atoms with Crippen molar-refractivity contribution in [2.45, 2.75) is 24.0 Å². The molecule has 0 unspecified atom stereocenters. The van der Waals surface area contributed by atoms with E-state index in [-0.39, 0.29) is 0 Å². The number of rotatable bonds is 2. The van der Waals surface area contributed by atoms with Crippen molar-refractivity contribution in [1.82, 2.24) is 10.2 Å². The van der Waals surface area contributed by atoms with Gasteiger partial charge in [-0.3, -0.25) is 0 Å². The number of nitrogen functional groups attached to an aromatic ring is 1. The minimum Gasteiger partial charge on any atom is -0.416 e. The highest BCUT2D eigenvalue weighted by atomic mass is 32.2. The first-order chi connectivity index (χ1) is 7.16. The van der Waals surface area contributed by atoms with Crippen molar-refractivity contribution < 1.29 is 4.42 Å². The van der Waals surface area contributed by atoms with Crippen molar-refractivity contribution in [3.63, 3.8) is 0 Å². The largest absolute Gasteiger partial charge is 0.416 e. The highest BCUT2D eigenvalue weighted by molar-refractivity contribution is 7.99. The molecule has 0 spiro atoms. The number of aryl methyl sites for hydroxylation is 1. The van der Waals surface area contributed by atoms with Crippen LogP contribution >= 0.6 is 11.8 Å². The zero-order valence-electron chi connectivity index (χ0n) is 8.52. The molecule has 1 aromatic heterocycles. The standard InChI is InChI=1S/C10H11N3OS/c1-6-8(11)4-3-5-9(6)15-10-13-12-7(2)14-10/h3-5H,11H2,1-2H3. The Morgan fingerprint density at radius 1 is 1.27 bits per heavy atom. The molecule has 15 heavy (non-hydrogen) atoms. The zero-order valence-corrected chi connectivity index (χ0v) is 9.34. The van der Waals surface area contributed by atoms with Crippen LogP contribution in [-0.2, 0) is 0 Å². The average molecular weight is 221 g/mol. The van der Waals surface area contributed by atoms with Gasteiger partial charge in [0, 0.05) is 17.5 Å². The van der Waals surface area contributed by atoms with E-state index in [1.807, 2.05) is 25.1 Å². The monoisotopic (exact) mass is 221 g/mol. The molecule has 1 heterocycles. The molecule has 0 aliphatic rings. The molecule has 0 bridgehead atoms. The normalized spacial score (nSPS) is 10.5. The van der Waals surface area contributed by atoms with E-state index in [1.165, 1.54) is 11.8 Å². The summed E-state index contributed by atoms with van der Waals surface area (Å²) in [6.07, 6.45) is 0.